The zero-order valence-electron chi connectivity index (χ0n) is 18.3. The number of aromatic nitrogens is 1. The molecule has 2 aromatic carbocycles. The molecule has 0 radical (unpaired) electrons. The first-order valence-corrected chi connectivity index (χ1v) is 11.3. The number of ether oxygens (including phenoxy) is 2. The van der Waals surface area contributed by atoms with Crippen molar-refractivity contribution >= 4 is 28.5 Å². The maximum absolute atomic E-state index is 14.4. The molecule has 1 fully saturated rings. The quantitative estimate of drug-likeness (QED) is 0.369. The van der Waals surface area contributed by atoms with Crippen LogP contribution in [0.5, 0.6) is 5.75 Å². The highest BCUT2D eigenvalue weighted by Crippen LogP contribution is 2.36. The number of hydrogen-bond donors (Lipinski definition) is 1. The highest BCUT2D eigenvalue weighted by Gasteiger charge is 2.36. The van der Waals surface area contributed by atoms with Crippen LogP contribution in [0.2, 0.25) is 0 Å². The molecule has 1 aliphatic rings. The number of hydrogen-bond acceptors (Lipinski definition) is 6. The fourth-order valence-corrected chi connectivity index (χ4v) is 4.41. The van der Waals surface area contributed by atoms with Gasteiger partial charge in [0.15, 0.2) is 22.5 Å². The lowest BCUT2D eigenvalue weighted by molar-refractivity contribution is -0.120. The van der Waals surface area contributed by atoms with Crippen LogP contribution in [0.3, 0.4) is 0 Å². The molecule has 1 saturated heterocycles. The number of amides is 2. The van der Waals surface area contributed by atoms with Gasteiger partial charge in [-0.2, -0.15) is 8.78 Å². The molecule has 35 heavy (non-hydrogen) atoms. The number of anilines is 1. The van der Waals surface area contributed by atoms with E-state index in [1.54, 1.807) is 12.1 Å². The Morgan fingerprint density at radius 2 is 1.80 bits per heavy atom. The van der Waals surface area contributed by atoms with Crippen molar-refractivity contribution in [2.24, 2.45) is 0 Å². The molecule has 2 heterocycles. The average Bonchev–Trinajstić information content (AvgIpc) is 3.53. The summed E-state index contributed by atoms with van der Waals surface area (Å²) in [6, 6.07) is 8.21. The second kappa shape index (κ2) is 10.3. The highest BCUT2D eigenvalue weighted by atomic mass is 32.1. The lowest BCUT2D eigenvalue weighted by Gasteiger charge is -2.22. The Labute approximate surface area is 201 Å². The van der Waals surface area contributed by atoms with Crippen LogP contribution < -0.4 is 10.1 Å². The number of methoxy groups -OCH3 is 1. The van der Waals surface area contributed by atoms with Crippen LogP contribution in [0, 0.1) is 23.3 Å². The van der Waals surface area contributed by atoms with Gasteiger partial charge in [0.25, 0.3) is 0 Å². The van der Waals surface area contributed by atoms with Crippen LogP contribution in [-0.4, -0.2) is 41.6 Å². The molecule has 0 aliphatic carbocycles. The maximum atomic E-state index is 14.4. The van der Waals surface area contributed by atoms with E-state index < -0.39 is 58.3 Å². The second-order valence-corrected chi connectivity index (χ2v) is 8.44. The largest absolute Gasteiger partial charge is 0.491 e. The van der Waals surface area contributed by atoms with Crippen molar-refractivity contribution in [2.45, 2.75) is 25.5 Å². The first kappa shape index (κ1) is 24.5. The Morgan fingerprint density at radius 3 is 2.46 bits per heavy atom. The number of nitrogens with one attached hydrogen (secondary N) is 1. The molecule has 4 rings (SSSR count). The van der Waals surface area contributed by atoms with Crippen LogP contribution >= 0.6 is 11.3 Å². The zero-order valence-corrected chi connectivity index (χ0v) is 19.1. The van der Waals surface area contributed by atoms with Crippen molar-refractivity contribution in [1.82, 2.24) is 9.88 Å². The third-order valence-electron chi connectivity index (χ3n) is 5.41. The Kier molecular flexibility index (Phi) is 7.20. The lowest BCUT2D eigenvalue weighted by atomic mass is 10.1. The Bertz CT molecular complexity index is 1230. The predicted molar refractivity (Wildman–Crippen MR) is 119 cm³/mol. The number of thiazole rings is 1. The number of nitrogens with zero attached hydrogens (tertiary/aromatic N) is 2. The molecule has 0 bridgehead atoms. The lowest BCUT2D eigenvalue weighted by Crippen LogP contribution is -2.43. The van der Waals surface area contributed by atoms with Crippen molar-refractivity contribution in [3.05, 3.63) is 64.5 Å². The monoisotopic (exact) mass is 509 g/mol. The van der Waals surface area contributed by atoms with E-state index >= 15 is 0 Å². The third-order valence-corrected chi connectivity index (χ3v) is 6.17. The minimum absolute atomic E-state index is 0.0481. The maximum Gasteiger partial charge on any atom is 0.410 e. The van der Waals surface area contributed by atoms with Crippen molar-refractivity contribution in [2.75, 3.05) is 19.0 Å². The summed E-state index contributed by atoms with van der Waals surface area (Å²) in [7, 11) is 0.875. The summed E-state index contributed by atoms with van der Waals surface area (Å²) in [6.07, 6.45) is 0.296. The molecule has 1 aliphatic heterocycles. The normalized spacial score (nSPS) is 15.2. The van der Waals surface area contributed by atoms with Crippen LogP contribution in [0.25, 0.3) is 11.3 Å². The van der Waals surface area contributed by atoms with Gasteiger partial charge in [-0.15, -0.1) is 11.3 Å². The van der Waals surface area contributed by atoms with Gasteiger partial charge in [-0.05, 0) is 18.4 Å². The standard InChI is InChI=1S/C23H19F4N3O4S/c1-33-20-18(26)16(24)15(17(25)19(20)27)13-11-35-22(28-13)29-21(31)14-8-5-9-30(14)23(32)34-10-12-6-3-2-4-7-12/h2-4,6-7,11,14H,5,8-10H2,1H3,(H,28,29,31). The van der Waals surface area contributed by atoms with Gasteiger partial charge in [0.05, 0.1) is 18.4 Å². The van der Waals surface area contributed by atoms with Gasteiger partial charge in [-0.1, -0.05) is 30.3 Å². The molecule has 1 N–H and O–H groups in total. The van der Waals surface area contributed by atoms with Crippen LogP contribution in [-0.2, 0) is 16.1 Å². The first-order valence-electron chi connectivity index (χ1n) is 10.5. The molecular formula is C23H19F4N3O4S. The number of rotatable bonds is 6. The molecule has 2 amide bonds. The fraction of sp³-hybridized carbons (Fsp3) is 0.261. The number of carbonyl (C=O) groups excluding carboxylic acids is 2. The smallest absolute Gasteiger partial charge is 0.410 e. The molecule has 12 heteroatoms. The van der Waals surface area contributed by atoms with Gasteiger partial charge >= 0.3 is 6.09 Å². The molecule has 0 spiro atoms. The number of likely N-dealkylation sites (tertiary alicyclic amines) is 1. The van der Waals surface area contributed by atoms with E-state index in [1.165, 1.54) is 4.90 Å². The van der Waals surface area contributed by atoms with E-state index in [0.29, 0.717) is 19.4 Å². The molecular weight excluding hydrogens is 490 g/mol. The molecule has 3 aromatic rings. The Balaban J connectivity index is 1.46. The molecule has 0 saturated carbocycles. The molecule has 1 atom stereocenters. The first-order chi connectivity index (χ1) is 16.8. The van der Waals surface area contributed by atoms with E-state index in [1.807, 2.05) is 18.2 Å². The summed E-state index contributed by atoms with van der Waals surface area (Å²) >= 11 is 0.801. The summed E-state index contributed by atoms with van der Waals surface area (Å²) in [5, 5.41) is 3.56. The second-order valence-electron chi connectivity index (χ2n) is 7.58. The van der Waals surface area contributed by atoms with Gasteiger partial charge in [0.1, 0.15) is 12.6 Å². The predicted octanol–water partition coefficient (Wildman–Crippen LogP) is 5.11. The molecule has 1 aromatic heterocycles. The summed E-state index contributed by atoms with van der Waals surface area (Å²) in [4.78, 5) is 30.5. The van der Waals surface area contributed by atoms with Gasteiger partial charge in [0, 0.05) is 11.9 Å². The summed E-state index contributed by atoms with van der Waals surface area (Å²) in [5.74, 6) is -8.51. The summed E-state index contributed by atoms with van der Waals surface area (Å²) < 4.78 is 66.5. The Hall–Kier alpha value is -3.67. The van der Waals surface area contributed by atoms with E-state index in [2.05, 4.69) is 15.0 Å². The fourth-order valence-electron chi connectivity index (χ4n) is 3.71. The average molecular weight is 509 g/mol. The van der Waals surface area contributed by atoms with E-state index in [-0.39, 0.29) is 11.7 Å². The van der Waals surface area contributed by atoms with Crippen molar-refractivity contribution in [1.29, 1.82) is 0 Å². The highest BCUT2D eigenvalue weighted by molar-refractivity contribution is 7.14. The van der Waals surface area contributed by atoms with E-state index in [0.717, 1.165) is 29.4 Å². The number of benzene rings is 2. The Morgan fingerprint density at radius 1 is 1.11 bits per heavy atom. The van der Waals surface area contributed by atoms with Gasteiger partial charge < -0.3 is 14.8 Å². The summed E-state index contributed by atoms with van der Waals surface area (Å²) in [5.41, 5.74) is -0.641. The third kappa shape index (κ3) is 4.92. The van der Waals surface area contributed by atoms with E-state index in [9.17, 15) is 27.2 Å². The minimum Gasteiger partial charge on any atom is -0.491 e. The van der Waals surface area contributed by atoms with Gasteiger partial charge in [-0.3, -0.25) is 9.69 Å². The SMILES string of the molecule is COc1c(F)c(F)c(-c2csc(NC(=O)C3CCCN3C(=O)OCc3ccccc3)n2)c(F)c1F. The number of halogens is 4. The van der Waals surface area contributed by atoms with Crippen molar-refractivity contribution in [3.63, 3.8) is 0 Å². The molecule has 184 valence electrons. The van der Waals surface area contributed by atoms with Crippen LogP contribution in [0.15, 0.2) is 35.7 Å². The zero-order chi connectivity index (χ0) is 25.1. The summed E-state index contributed by atoms with van der Waals surface area (Å²) in [6.45, 7) is 0.363. The molecule has 7 nitrogen and oxygen atoms in total. The van der Waals surface area contributed by atoms with Gasteiger partial charge in [-0.25, -0.2) is 18.6 Å². The van der Waals surface area contributed by atoms with Crippen molar-refractivity contribution in [3.8, 4) is 17.0 Å². The topological polar surface area (TPSA) is 80.8 Å². The van der Waals surface area contributed by atoms with Gasteiger partial charge in [0.2, 0.25) is 17.5 Å². The minimum atomic E-state index is -1.70. The van der Waals surface area contributed by atoms with E-state index in [4.69, 9.17) is 4.74 Å². The van der Waals surface area contributed by atoms with Crippen LogP contribution in [0.4, 0.5) is 27.5 Å². The van der Waals surface area contributed by atoms with Crippen molar-refractivity contribution < 1.29 is 36.6 Å². The molecule has 1 unspecified atom stereocenters. The van der Waals surface area contributed by atoms with Crippen LogP contribution in [0.1, 0.15) is 18.4 Å². The number of carbonyl (C=O) groups is 2.